The van der Waals surface area contributed by atoms with Gasteiger partial charge in [-0.1, -0.05) is 12.1 Å². The summed E-state index contributed by atoms with van der Waals surface area (Å²) in [7, 11) is -3.86. The molecule has 4 rings (SSSR count). The van der Waals surface area contributed by atoms with Crippen LogP contribution in [0.2, 0.25) is 0 Å². The molecule has 0 aliphatic carbocycles. The van der Waals surface area contributed by atoms with E-state index >= 15 is 0 Å². The van der Waals surface area contributed by atoms with Crippen LogP contribution >= 0.6 is 11.3 Å². The first-order valence-corrected chi connectivity index (χ1v) is 11.1. The number of hydrogen-bond acceptors (Lipinski definition) is 7. The number of nitrogens with one attached hydrogen (secondary N) is 1. The van der Waals surface area contributed by atoms with Gasteiger partial charge >= 0.3 is 0 Å². The van der Waals surface area contributed by atoms with E-state index in [1.165, 1.54) is 36.0 Å². The van der Waals surface area contributed by atoms with Crippen molar-refractivity contribution in [2.45, 2.75) is 17.4 Å². The number of rotatable bonds is 7. The minimum Gasteiger partial charge on any atom is -0.466 e. The molecule has 9 heteroatoms. The molecule has 1 unspecified atom stereocenters. The van der Waals surface area contributed by atoms with Crippen LogP contribution in [0.4, 0.5) is 0 Å². The summed E-state index contributed by atoms with van der Waals surface area (Å²) in [6, 6.07) is 11.3. The summed E-state index contributed by atoms with van der Waals surface area (Å²) in [5.41, 5.74) is 0.307. The van der Waals surface area contributed by atoms with E-state index in [4.69, 9.17) is 8.83 Å². The first-order chi connectivity index (χ1) is 13.9. The molecule has 2 N–H and O–H groups in total. The zero-order valence-corrected chi connectivity index (χ0v) is 17.0. The Morgan fingerprint density at radius 3 is 2.55 bits per heavy atom. The fraction of sp³-hybridized carbons (Fsp3) is 0.150. The zero-order valence-electron chi connectivity index (χ0n) is 15.4. The lowest BCUT2D eigenvalue weighted by molar-refractivity contribution is 0.0623. The number of hydrogen-bond donors (Lipinski definition) is 2. The summed E-state index contributed by atoms with van der Waals surface area (Å²) >= 11 is 1.40. The zero-order chi connectivity index (χ0) is 20.5. The molecule has 0 spiro atoms. The first-order valence-electron chi connectivity index (χ1n) is 8.70. The van der Waals surface area contributed by atoms with Gasteiger partial charge in [0.25, 0.3) is 0 Å². The lowest BCUT2D eigenvalue weighted by Gasteiger charge is -2.25. The summed E-state index contributed by atoms with van der Waals surface area (Å²) in [5.74, 6) is 0.791. The number of sulfonamides is 1. The molecule has 0 radical (unpaired) electrons. The summed E-state index contributed by atoms with van der Waals surface area (Å²) < 4.78 is 38.6. The van der Waals surface area contributed by atoms with Gasteiger partial charge in [0.2, 0.25) is 10.0 Å². The van der Waals surface area contributed by atoms with Crippen LogP contribution < -0.4 is 4.72 Å². The fourth-order valence-electron chi connectivity index (χ4n) is 2.93. The van der Waals surface area contributed by atoms with Crippen molar-refractivity contribution in [1.82, 2.24) is 9.71 Å². The maximum atomic E-state index is 12.8. The van der Waals surface area contributed by atoms with Gasteiger partial charge < -0.3 is 13.9 Å². The quantitative estimate of drug-likeness (QED) is 0.465. The number of aromatic nitrogens is 1. The van der Waals surface area contributed by atoms with Crippen molar-refractivity contribution in [3.8, 4) is 11.3 Å². The predicted molar refractivity (Wildman–Crippen MR) is 108 cm³/mol. The molecule has 4 aromatic rings. The number of aryl methyl sites for hydroxylation is 1. The van der Waals surface area contributed by atoms with E-state index in [1.54, 1.807) is 42.6 Å². The molecule has 7 nitrogen and oxygen atoms in total. The molecule has 150 valence electrons. The number of furan rings is 1. The van der Waals surface area contributed by atoms with Crippen LogP contribution in [0.1, 0.15) is 17.2 Å². The van der Waals surface area contributed by atoms with Gasteiger partial charge in [-0.05, 0) is 41.1 Å². The average Bonchev–Trinajstić information content (AvgIpc) is 3.49. The van der Waals surface area contributed by atoms with E-state index in [0.29, 0.717) is 17.1 Å². The summed E-state index contributed by atoms with van der Waals surface area (Å²) in [6.07, 6.45) is 2.95. The Bertz CT molecular complexity index is 1140. The molecule has 0 bridgehead atoms. The Morgan fingerprint density at radius 2 is 1.97 bits per heavy atom. The first kappa shape index (κ1) is 19.6. The van der Waals surface area contributed by atoms with Crippen molar-refractivity contribution < 1.29 is 22.4 Å². The lowest BCUT2D eigenvalue weighted by Crippen LogP contribution is -2.41. The molecular formula is C20H18N2O5S2. The third kappa shape index (κ3) is 3.90. The van der Waals surface area contributed by atoms with Crippen molar-refractivity contribution >= 4 is 21.4 Å². The highest BCUT2D eigenvalue weighted by atomic mass is 32.2. The molecule has 0 amide bonds. The van der Waals surface area contributed by atoms with E-state index in [1.807, 2.05) is 5.38 Å². The lowest BCUT2D eigenvalue weighted by atomic mass is 9.94. The van der Waals surface area contributed by atoms with Gasteiger partial charge in [-0.2, -0.15) is 11.3 Å². The normalized spacial score (nSPS) is 14.0. The second kappa shape index (κ2) is 7.60. The van der Waals surface area contributed by atoms with Gasteiger partial charge in [-0.3, -0.25) is 0 Å². The van der Waals surface area contributed by atoms with E-state index in [0.717, 1.165) is 5.56 Å². The number of nitrogens with zero attached hydrogens (tertiary/aromatic N) is 1. The van der Waals surface area contributed by atoms with Crippen LogP contribution in [-0.2, 0) is 15.6 Å². The van der Waals surface area contributed by atoms with Gasteiger partial charge in [-0.25, -0.2) is 18.1 Å². The van der Waals surface area contributed by atoms with Crippen molar-refractivity contribution in [1.29, 1.82) is 0 Å². The van der Waals surface area contributed by atoms with E-state index in [9.17, 15) is 13.5 Å². The topological polar surface area (TPSA) is 106 Å². The standard InChI is InChI=1S/C20H18N2O5S2/c1-14-22-18(11-27-14)15-4-6-17(7-5-15)29(24,25)21-13-20(23,16-8-10-28-12-16)19-3-2-9-26-19/h2-12,21,23H,13H2,1H3. The highest BCUT2D eigenvalue weighted by molar-refractivity contribution is 7.89. The Hall–Kier alpha value is -2.72. The van der Waals surface area contributed by atoms with Gasteiger partial charge in [0.05, 0.1) is 17.7 Å². The minimum atomic E-state index is -3.86. The number of thiophene rings is 1. The second-order valence-corrected chi connectivity index (χ2v) is 9.00. The average molecular weight is 431 g/mol. The largest absolute Gasteiger partial charge is 0.466 e. The van der Waals surface area contributed by atoms with Crippen LogP contribution in [0.15, 0.2) is 79.5 Å². The summed E-state index contributed by atoms with van der Waals surface area (Å²) in [4.78, 5) is 4.30. The highest BCUT2D eigenvalue weighted by Gasteiger charge is 2.36. The maximum absolute atomic E-state index is 12.8. The van der Waals surface area contributed by atoms with Gasteiger partial charge in [0.15, 0.2) is 11.5 Å². The van der Waals surface area contributed by atoms with Crippen LogP contribution in [-0.4, -0.2) is 25.1 Å². The molecule has 1 atom stereocenters. The van der Waals surface area contributed by atoms with Crippen LogP contribution in [0.3, 0.4) is 0 Å². The highest BCUT2D eigenvalue weighted by Crippen LogP contribution is 2.31. The maximum Gasteiger partial charge on any atom is 0.240 e. The molecule has 1 aromatic carbocycles. The molecule has 29 heavy (non-hydrogen) atoms. The van der Waals surface area contributed by atoms with E-state index < -0.39 is 15.6 Å². The minimum absolute atomic E-state index is 0.0774. The predicted octanol–water partition coefficient (Wildman–Crippen LogP) is 3.52. The number of benzene rings is 1. The molecule has 3 aromatic heterocycles. The van der Waals surface area contributed by atoms with Crippen LogP contribution in [0.5, 0.6) is 0 Å². The molecule has 3 heterocycles. The second-order valence-electron chi connectivity index (χ2n) is 6.45. The van der Waals surface area contributed by atoms with Gasteiger partial charge in [-0.15, -0.1) is 0 Å². The van der Waals surface area contributed by atoms with E-state index in [-0.39, 0.29) is 17.2 Å². The summed E-state index contributed by atoms with van der Waals surface area (Å²) in [5, 5.41) is 14.8. The third-order valence-corrected chi connectivity index (χ3v) is 6.63. The Labute approximate surface area is 171 Å². The molecule has 0 aliphatic rings. The third-order valence-electron chi connectivity index (χ3n) is 4.52. The van der Waals surface area contributed by atoms with Gasteiger partial charge in [0.1, 0.15) is 17.7 Å². The number of oxazole rings is 1. The van der Waals surface area contributed by atoms with Crippen molar-refractivity contribution in [2.75, 3.05) is 6.54 Å². The fourth-order valence-corrected chi connectivity index (χ4v) is 4.71. The Balaban J connectivity index is 1.56. The smallest absolute Gasteiger partial charge is 0.240 e. The van der Waals surface area contributed by atoms with Crippen molar-refractivity contribution in [3.05, 3.63) is 83.0 Å². The molecule has 0 saturated carbocycles. The van der Waals surface area contributed by atoms with E-state index in [2.05, 4.69) is 9.71 Å². The molecule has 0 saturated heterocycles. The Morgan fingerprint density at radius 1 is 1.17 bits per heavy atom. The molecular weight excluding hydrogens is 412 g/mol. The van der Waals surface area contributed by atoms with Crippen molar-refractivity contribution in [2.24, 2.45) is 0 Å². The van der Waals surface area contributed by atoms with Crippen molar-refractivity contribution in [3.63, 3.8) is 0 Å². The molecule has 0 aliphatic heterocycles. The monoisotopic (exact) mass is 430 g/mol. The SMILES string of the molecule is Cc1nc(-c2ccc(S(=O)(=O)NCC(O)(c3ccsc3)c3ccco3)cc2)co1. The van der Waals surface area contributed by atoms with Gasteiger partial charge in [0, 0.05) is 18.1 Å². The summed E-state index contributed by atoms with van der Waals surface area (Å²) in [6.45, 7) is 1.46. The van der Waals surface area contributed by atoms with Crippen LogP contribution in [0, 0.1) is 6.92 Å². The number of aliphatic hydroxyl groups is 1. The van der Waals surface area contributed by atoms with Crippen LogP contribution in [0.25, 0.3) is 11.3 Å². The Kier molecular flexibility index (Phi) is 5.13. The molecule has 0 fully saturated rings.